The number of amides is 1. The van der Waals surface area contributed by atoms with Crippen LogP contribution in [-0.4, -0.2) is 44.6 Å². The van der Waals surface area contributed by atoms with Crippen LogP contribution in [0.25, 0.3) is 11.1 Å². The van der Waals surface area contributed by atoms with Crippen LogP contribution in [0.15, 0.2) is 54.6 Å². The number of aliphatic hydroxyl groups is 1. The van der Waals surface area contributed by atoms with E-state index < -0.39 is 45.8 Å². The molecule has 1 unspecified atom stereocenters. The molecule has 1 aliphatic rings. The minimum atomic E-state index is -3.68. The van der Waals surface area contributed by atoms with Gasteiger partial charge in [-0.2, -0.15) is 0 Å². The summed E-state index contributed by atoms with van der Waals surface area (Å²) in [7, 11) is -3.68. The number of hydrogen-bond acceptors (Lipinski definition) is 6. The van der Waals surface area contributed by atoms with Gasteiger partial charge in [-0.15, -0.1) is 0 Å². The predicted molar refractivity (Wildman–Crippen MR) is 135 cm³/mol. The molecule has 196 valence electrons. The first kappa shape index (κ1) is 26.7. The molecule has 0 aromatic heterocycles. The number of nitrogens with one attached hydrogen (secondary N) is 3. The molecule has 4 rings (SSSR count). The van der Waals surface area contributed by atoms with Gasteiger partial charge in [0.05, 0.1) is 29.4 Å². The first-order chi connectivity index (χ1) is 17.4. The zero-order chi connectivity index (χ0) is 26.9. The molecule has 2 atom stereocenters. The Kier molecular flexibility index (Phi) is 7.64. The maximum absolute atomic E-state index is 15.2. The lowest BCUT2D eigenvalue weighted by atomic mass is 10.0. The van der Waals surface area contributed by atoms with Gasteiger partial charge < -0.3 is 15.3 Å². The molecule has 3 aromatic rings. The van der Waals surface area contributed by atoms with Crippen LogP contribution in [0.5, 0.6) is 0 Å². The van der Waals surface area contributed by atoms with E-state index in [1.165, 1.54) is 36.4 Å². The molecule has 3 aromatic carbocycles. The number of hydrogen-bond donors (Lipinski definition) is 4. The molecule has 0 saturated carbocycles. The Hall–Kier alpha value is -3.32. The average Bonchev–Trinajstić information content (AvgIpc) is 3.17. The van der Waals surface area contributed by atoms with E-state index in [1.54, 1.807) is 12.1 Å². The number of rotatable bonds is 8. The molecule has 1 fully saturated rings. The van der Waals surface area contributed by atoms with Gasteiger partial charge in [0.25, 0.3) is 0 Å². The van der Waals surface area contributed by atoms with E-state index in [-0.39, 0.29) is 46.2 Å². The molecule has 13 heteroatoms. The van der Waals surface area contributed by atoms with Crippen molar-refractivity contribution in [3.63, 3.8) is 0 Å². The molecule has 4 N–H and O–H groups in total. The summed E-state index contributed by atoms with van der Waals surface area (Å²) in [6.07, 6.45) is -0.427. The van der Waals surface area contributed by atoms with Crippen LogP contribution in [0.3, 0.4) is 0 Å². The largest absolute Gasteiger partial charge is 0.361 e. The topological polar surface area (TPSA) is 111 Å². The average molecular weight is 555 g/mol. The maximum atomic E-state index is 15.2. The minimum absolute atomic E-state index is 0.0282. The molecule has 1 heterocycles. The Morgan fingerprint density at radius 3 is 2.46 bits per heavy atom. The summed E-state index contributed by atoms with van der Waals surface area (Å²) in [6, 6.07) is 11.2. The number of carbonyl (C=O) groups is 1. The Labute approximate surface area is 216 Å². The highest BCUT2D eigenvalue weighted by Gasteiger charge is 2.36. The van der Waals surface area contributed by atoms with Crippen molar-refractivity contribution in [3.05, 3.63) is 77.1 Å². The summed E-state index contributed by atoms with van der Waals surface area (Å²) >= 11 is 5.71. The molecule has 1 aliphatic heterocycles. The van der Waals surface area contributed by atoms with Crippen LogP contribution in [0.1, 0.15) is 6.42 Å². The van der Waals surface area contributed by atoms with E-state index in [2.05, 4.69) is 15.4 Å². The summed E-state index contributed by atoms with van der Waals surface area (Å²) in [5, 5.41) is 15.4. The monoisotopic (exact) mass is 554 g/mol. The molecular weight excluding hydrogens is 533 g/mol. The Morgan fingerprint density at radius 2 is 1.76 bits per heavy atom. The minimum Gasteiger partial charge on any atom is -0.361 e. The summed E-state index contributed by atoms with van der Waals surface area (Å²) in [5.41, 5.74) is -0.377. The first-order valence-corrected chi connectivity index (χ1v) is 13.2. The Bertz CT molecular complexity index is 1460. The number of anilines is 3. The SMILES string of the molecule is CS(=O)(=O)Nc1ccccc1-c1ccc(N2CC[C@@H](NC(O)Nc3ccc(Cl)cc3F)C2=O)c(F)c1F. The van der Waals surface area contributed by atoms with E-state index in [0.29, 0.717) is 0 Å². The van der Waals surface area contributed by atoms with Crippen molar-refractivity contribution in [2.24, 2.45) is 0 Å². The highest BCUT2D eigenvalue weighted by Crippen LogP contribution is 2.36. The number of benzene rings is 3. The second-order valence-corrected chi connectivity index (χ2v) is 10.5. The van der Waals surface area contributed by atoms with Crippen LogP contribution in [0.4, 0.5) is 30.2 Å². The molecular formula is C24H22ClF3N4O4S. The zero-order valence-corrected chi connectivity index (χ0v) is 20.9. The van der Waals surface area contributed by atoms with Crippen LogP contribution in [0.2, 0.25) is 5.02 Å². The van der Waals surface area contributed by atoms with Gasteiger partial charge >= 0.3 is 0 Å². The van der Waals surface area contributed by atoms with Crippen molar-refractivity contribution < 1.29 is 31.5 Å². The van der Waals surface area contributed by atoms with Crippen molar-refractivity contribution in [1.82, 2.24) is 5.32 Å². The Balaban J connectivity index is 1.52. The third-order valence-electron chi connectivity index (χ3n) is 5.65. The number of carbonyl (C=O) groups excluding carboxylic acids is 1. The summed E-state index contributed by atoms with van der Waals surface area (Å²) in [5.74, 6) is -3.88. The van der Waals surface area contributed by atoms with Gasteiger partial charge in [-0.3, -0.25) is 14.8 Å². The molecule has 0 bridgehead atoms. The standard InChI is InChI=1S/C24H22ClF3N4O4S/c1-37(35,36)31-17-5-3-2-4-14(17)15-7-9-20(22(28)21(15)27)32-11-10-19(23(32)33)30-24(34)29-18-8-6-13(25)12-16(18)26/h2-9,12,19,24,29-31,34H,10-11H2,1H3/t19-,24?/m1/s1. The normalized spacial score (nSPS) is 16.6. The van der Waals surface area contributed by atoms with Crippen LogP contribution in [0, 0.1) is 17.5 Å². The molecule has 1 amide bonds. The lowest BCUT2D eigenvalue weighted by molar-refractivity contribution is -0.119. The van der Waals surface area contributed by atoms with E-state index in [4.69, 9.17) is 11.6 Å². The zero-order valence-electron chi connectivity index (χ0n) is 19.3. The van der Waals surface area contributed by atoms with Crippen LogP contribution >= 0.6 is 11.6 Å². The molecule has 0 radical (unpaired) electrons. The van der Waals surface area contributed by atoms with Gasteiger partial charge in [-0.25, -0.2) is 21.6 Å². The number of sulfonamides is 1. The molecule has 0 aliphatic carbocycles. The smallest absolute Gasteiger partial charge is 0.244 e. The summed E-state index contributed by atoms with van der Waals surface area (Å²) in [6.45, 7) is 0.0282. The van der Waals surface area contributed by atoms with E-state index in [9.17, 15) is 22.7 Å². The molecule has 1 saturated heterocycles. The van der Waals surface area contributed by atoms with Gasteiger partial charge in [0, 0.05) is 22.7 Å². The van der Waals surface area contributed by atoms with Gasteiger partial charge in [0.15, 0.2) is 18.0 Å². The molecule has 37 heavy (non-hydrogen) atoms. The van der Waals surface area contributed by atoms with Gasteiger partial charge in [0.1, 0.15) is 5.82 Å². The fraction of sp³-hybridized carbons (Fsp3) is 0.208. The lowest BCUT2D eigenvalue weighted by Crippen LogP contribution is -2.47. The summed E-state index contributed by atoms with van der Waals surface area (Å²) in [4.78, 5) is 13.9. The summed E-state index contributed by atoms with van der Waals surface area (Å²) < 4.78 is 69.9. The second-order valence-electron chi connectivity index (χ2n) is 8.35. The number of aliphatic hydroxyl groups excluding tert-OH is 1. The van der Waals surface area contributed by atoms with Crippen molar-refractivity contribution in [2.75, 3.05) is 27.7 Å². The first-order valence-electron chi connectivity index (χ1n) is 11.0. The fourth-order valence-electron chi connectivity index (χ4n) is 4.02. The third kappa shape index (κ3) is 5.99. The van der Waals surface area contributed by atoms with Crippen LogP contribution in [-0.2, 0) is 14.8 Å². The third-order valence-corrected chi connectivity index (χ3v) is 6.48. The van der Waals surface area contributed by atoms with Crippen molar-refractivity contribution in [3.8, 4) is 11.1 Å². The van der Waals surface area contributed by atoms with Gasteiger partial charge in [-0.05, 0) is 42.8 Å². The van der Waals surface area contributed by atoms with Gasteiger partial charge in [0.2, 0.25) is 15.9 Å². The van der Waals surface area contributed by atoms with Crippen LogP contribution < -0.4 is 20.3 Å². The highest BCUT2D eigenvalue weighted by molar-refractivity contribution is 7.92. The van der Waals surface area contributed by atoms with Gasteiger partial charge in [-0.1, -0.05) is 29.8 Å². The van der Waals surface area contributed by atoms with Crippen molar-refractivity contribution in [1.29, 1.82) is 0 Å². The number of nitrogens with zero attached hydrogens (tertiary/aromatic N) is 1. The Morgan fingerprint density at radius 1 is 1.03 bits per heavy atom. The fourth-order valence-corrected chi connectivity index (χ4v) is 4.76. The number of halogens is 4. The van der Waals surface area contributed by atoms with E-state index in [0.717, 1.165) is 17.2 Å². The molecule has 8 nitrogen and oxygen atoms in total. The lowest BCUT2D eigenvalue weighted by Gasteiger charge is -2.22. The molecule has 0 spiro atoms. The van der Waals surface area contributed by atoms with E-state index >= 15 is 8.78 Å². The highest BCUT2D eigenvalue weighted by atomic mass is 35.5. The quantitative estimate of drug-likeness (QED) is 0.315. The second kappa shape index (κ2) is 10.6. The maximum Gasteiger partial charge on any atom is 0.244 e. The van der Waals surface area contributed by atoms with Crippen molar-refractivity contribution in [2.45, 2.75) is 18.8 Å². The van der Waals surface area contributed by atoms with Crippen molar-refractivity contribution >= 4 is 44.6 Å². The predicted octanol–water partition coefficient (Wildman–Crippen LogP) is 3.88. The number of para-hydroxylation sites is 1. The van der Waals surface area contributed by atoms with E-state index in [1.807, 2.05) is 0 Å².